The van der Waals surface area contributed by atoms with Gasteiger partial charge in [0.1, 0.15) is 29.5 Å². The summed E-state index contributed by atoms with van der Waals surface area (Å²) in [6.07, 6.45) is 3.80. The summed E-state index contributed by atoms with van der Waals surface area (Å²) in [6.45, 7) is 3.12. The van der Waals surface area contributed by atoms with Gasteiger partial charge in [0.2, 0.25) is 0 Å². The Morgan fingerprint density at radius 1 is 1.12 bits per heavy atom. The zero-order valence-electron chi connectivity index (χ0n) is 14.5. The van der Waals surface area contributed by atoms with E-state index in [0.29, 0.717) is 22.3 Å². The van der Waals surface area contributed by atoms with Crippen LogP contribution in [0.15, 0.2) is 24.5 Å². The molecule has 0 saturated carbocycles. The molecule has 6 nitrogen and oxygen atoms in total. The normalized spacial score (nSPS) is 10.4. The van der Waals surface area contributed by atoms with E-state index in [2.05, 4.69) is 27.1 Å². The van der Waals surface area contributed by atoms with Gasteiger partial charge in [-0.15, -0.1) is 0 Å². The molecule has 1 aromatic heterocycles. The second-order valence-electron chi connectivity index (χ2n) is 5.35. The van der Waals surface area contributed by atoms with Crippen molar-refractivity contribution in [2.75, 3.05) is 38.0 Å². The van der Waals surface area contributed by atoms with Crippen molar-refractivity contribution in [1.82, 2.24) is 9.97 Å². The average molecular weight is 351 g/mol. The van der Waals surface area contributed by atoms with Crippen molar-refractivity contribution in [3.05, 3.63) is 29.5 Å². The maximum Gasteiger partial charge on any atom is 0.144 e. The maximum absolute atomic E-state index is 6.13. The van der Waals surface area contributed by atoms with Crippen molar-refractivity contribution in [2.45, 2.75) is 19.8 Å². The van der Waals surface area contributed by atoms with Gasteiger partial charge in [-0.3, -0.25) is 0 Å². The molecular formula is C17H23ClN4O2. The quantitative estimate of drug-likeness (QED) is 0.772. The Kier molecular flexibility index (Phi) is 6.49. The fourth-order valence-electron chi connectivity index (χ4n) is 2.23. The molecule has 7 heteroatoms. The zero-order valence-corrected chi connectivity index (χ0v) is 15.2. The van der Waals surface area contributed by atoms with E-state index in [1.165, 1.54) is 0 Å². The van der Waals surface area contributed by atoms with E-state index < -0.39 is 0 Å². The van der Waals surface area contributed by atoms with E-state index in [0.717, 1.165) is 30.9 Å². The first-order valence-corrected chi connectivity index (χ1v) is 8.18. The summed E-state index contributed by atoms with van der Waals surface area (Å²) in [5.41, 5.74) is 0.722. The maximum atomic E-state index is 6.13. The Labute approximate surface area is 147 Å². The smallest absolute Gasteiger partial charge is 0.144 e. The summed E-state index contributed by atoms with van der Waals surface area (Å²) in [5, 5.41) is 3.72. The van der Waals surface area contributed by atoms with Crippen LogP contribution in [0.2, 0.25) is 5.02 Å². The summed E-state index contributed by atoms with van der Waals surface area (Å²) < 4.78 is 10.6. The van der Waals surface area contributed by atoms with Gasteiger partial charge in [0, 0.05) is 31.8 Å². The molecule has 0 aliphatic carbocycles. The molecule has 0 spiro atoms. The fraction of sp³-hybridized carbons (Fsp3) is 0.412. The van der Waals surface area contributed by atoms with Crippen LogP contribution in [0.4, 0.5) is 17.3 Å². The van der Waals surface area contributed by atoms with Crippen molar-refractivity contribution in [3.63, 3.8) is 0 Å². The summed E-state index contributed by atoms with van der Waals surface area (Å²) in [4.78, 5) is 10.7. The van der Waals surface area contributed by atoms with Crippen LogP contribution in [0.3, 0.4) is 0 Å². The van der Waals surface area contributed by atoms with Crippen molar-refractivity contribution in [2.24, 2.45) is 0 Å². The number of aromatic nitrogens is 2. The number of halogens is 1. The van der Waals surface area contributed by atoms with E-state index >= 15 is 0 Å². The fourth-order valence-corrected chi connectivity index (χ4v) is 2.46. The van der Waals surface area contributed by atoms with Crippen molar-refractivity contribution in [3.8, 4) is 11.5 Å². The predicted molar refractivity (Wildman–Crippen MR) is 98.0 cm³/mol. The lowest BCUT2D eigenvalue weighted by atomic mass is 10.2. The number of hydrogen-bond donors (Lipinski definition) is 1. The highest BCUT2D eigenvalue weighted by atomic mass is 35.5. The Balaban J connectivity index is 2.25. The van der Waals surface area contributed by atoms with Gasteiger partial charge in [-0.2, -0.15) is 0 Å². The molecule has 2 rings (SSSR count). The Morgan fingerprint density at radius 3 is 2.54 bits per heavy atom. The summed E-state index contributed by atoms with van der Waals surface area (Å²) in [6, 6.07) is 5.39. The number of nitrogens with zero attached hydrogens (tertiary/aromatic N) is 3. The van der Waals surface area contributed by atoms with Crippen LogP contribution in [0.25, 0.3) is 0 Å². The number of unbranched alkanes of at least 4 members (excludes halogenated alkanes) is 1. The Hall–Kier alpha value is -2.21. The highest BCUT2D eigenvalue weighted by molar-refractivity contribution is 6.32. The van der Waals surface area contributed by atoms with Gasteiger partial charge in [0.15, 0.2) is 0 Å². The largest absolute Gasteiger partial charge is 0.495 e. The van der Waals surface area contributed by atoms with Crippen LogP contribution in [0, 0.1) is 0 Å². The second kappa shape index (κ2) is 8.59. The molecular weight excluding hydrogens is 328 g/mol. The molecule has 2 aromatic rings. The number of benzene rings is 1. The number of hydrogen-bond acceptors (Lipinski definition) is 6. The summed E-state index contributed by atoms with van der Waals surface area (Å²) >= 11 is 6.13. The molecule has 0 radical (unpaired) electrons. The molecule has 0 amide bonds. The van der Waals surface area contributed by atoms with Crippen LogP contribution < -0.4 is 19.7 Å². The molecule has 1 aromatic carbocycles. The Morgan fingerprint density at radius 2 is 1.88 bits per heavy atom. The predicted octanol–water partition coefficient (Wildman–Crippen LogP) is 4.13. The third kappa shape index (κ3) is 4.41. The molecule has 24 heavy (non-hydrogen) atoms. The molecule has 0 atom stereocenters. The average Bonchev–Trinajstić information content (AvgIpc) is 2.60. The molecule has 130 valence electrons. The van der Waals surface area contributed by atoms with Crippen LogP contribution in [0.5, 0.6) is 11.5 Å². The monoisotopic (exact) mass is 350 g/mol. The first kappa shape index (κ1) is 18.1. The van der Waals surface area contributed by atoms with E-state index in [9.17, 15) is 0 Å². The molecule has 0 aliphatic rings. The number of anilines is 3. The molecule has 0 unspecified atom stereocenters. The van der Waals surface area contributed by atoms with Crippen molar-refractivity contribution in [1.29, 1.82) is 0 Å². The summed E-state index contributed by atoms with van der Waals surface area (Å²) in [7, 11) is 5.18. The van der Waals surface area contributed by atoms with Crippen LogP contribution >= 0.6 is 11.6 Å². The molecule has 0 saturated heterocycles. The first-order valence-electron chi connectivity index (χ1n) is 7.80. The number of ether oxygens (including phenoxy) is 2. The van der Waals surface area contributed by atoms with Gasteiger partial charge >= 0.3 is 0 Å². The van der Waals surface area contributed by atoms with Crippen LogP contribution in [0.1, 0.15) is 19.8 Å². The number of rotatable bonds is 8. The highest BCUT2D eigenvalue weighted by Crippen LogP contribution is 2.37. The van der Waals surface area contributed by atoms with E-state index in [1.54, 1.807) is 32.7 Å². The summed E-state index contributed by atoms with van der Waals surface area (Å²) in [5.74, 6) is 2.71. The Bertz CT molecular complexity index is 682. The first-order chi connectivity index (χ1) is 11.6. The lowest BCUT2D eigenvalue weighted by molar-refractivity contribution is 0.405. The van der Waals surface area contributed by atoms with Crippen molar-refractivity contribution < 1.29 is 9.47 Å². The van der Waals surface area contributed by atoms with Gasteiger partial charge in [-0.25, -0.2) is 9.97 Å². The lowest BCUT2D eigenvalue weighted by Gasteiger charge is -2.18. The van der Waals surface area contributed by atoms with E-state index in [-0.39, 0.29) is 0 Å². The third-order valence-corrected chi connectivity index (χ3v) is 3.92. The number of methoxy groups -OCH3 is 2. The molecule has 0 bridgehead atoms. The van der Waals surface area contributed by atoms with Gasteiger partial charge in [0.25, 0.3) is 0 Å². The van der Waals surface area contributed by atoms with Crippen LogP contribution in [-0.2, 0) is 0 Å². The van der Waals surface area contributed by atoms with Gasteiger partial charge in [-0.05, 0) is 6.42 Å². The van der Waals surface area contributed by atoms with E-state index in [4.69, 9.17) is 21.1 Å². The highest BCUT2D eigenvalue weighted by Gasteiger charge is 2.11. The molecule has 0 fully saturated rings. The van der Waals surface area contributed by atoms with E-state index in [1.807, 2.05) is 13.1 Å². The minimum absolute atomic E-state index is 0.488. The van der Waals surface area contributed by atoms with Gasteiger partial charge in [-0.1, -0.05) is 24.9 Å². The van der Waals surface area contributed by atoms with Gasteiger partial charge in [0.05, 0.1) is 24.9 Å². The third-order valence-electron chi connectivity index (χ3n) is 3.63. The standard InChI is InChI=1S/C17H23ClN4O2/c1-5-6-7-22(2)17-10-16(19-11-20-17)21-13-9-14(23-3)12(18)8-15(13)24-4/h8-11H,5-7H2,1-4H3,(H,19,20,21). The minimum Gasteiger partial charge on any atom is -0.495 e. The minimum atomic E-state index is 0.488. The zero-order chi connectivity index (χ0) is 17.5. The molecule has 1 heterocycles. The van der Waals surface area contributed by atoms with Crippen LogP contribution in [-0.4, -0.2) is 37.8 Å². The lowest BCUT2D eigenvalue weighted by Crippen LogP contribution is -2.19. The van der Waals surface area contributed by atoms with Crippen molar-refractivity contribution >= 4 is 28.9 Å². The second-order valence-corrected chi connectivity index (χ2v) is 5.76. The SMILES string of the molecule is CCCCN(C)c1cc(Nc2cc(OC)c(Cl)cc2OC)ncn1. The molecule has 0 aliphatic heterocycles. The van der Waals surface area contributed by atoms with Gasteiger partial charge < -0.3 is 19.7 Å². The number of nitrogens with one attached hydrogen (secondary N) is 1. The molecule has 1 N–H and O–H groups in total. The topological polar surface area (TPSA) is 59.5 Å².